The molecule has 2 aromatic carbocycles. The molecule has 0 saturated carbocycles. The molecule has 0 aliphatic carbocycles. The number of ether oxygens (including phenoxy) is 1. The zero-order valence-electron chi connectivity index (χ0n) is 14.5. The largest absolute Gasteiger partial charge is 0.482 e. The monoisotopic (exact) mass is 436 g/mol. The standard InChI is InChI=1S/C17H16ClF3N2O4S/c1-23(28(25,26)13-8-6-12(18)7-9-13)10-16(24)22-14-4-2-3-5-15(14)27-11-17(19,20)21/h2-9H,10-11H2,1H3,(H,22,24). The zero-order chi connectivity index (χ0) is 20.9. The second-order valence-electron chi connectivity index (χ2n) is 5.66. The van der Waals surface area contributed by atoms with Gasteiger partial charge in [0.1, 0.15) is 5.75 Å². The minimum atomic E-state index is -4.54. The quantitative estimate of drug-likeness (QED) is 0.720. The predicted molar refractivity (Wildman–Crippen MR) is 97.9 cm³/mol. The molecule has 0 radical (unpaired) electrons. The normalized spacial score (nSPS) is 12.1. The van der Waals surface area contributed by atoms with Crippen LogP contribution in [0.4, 0.5) is 18.9 Å². The van der Waals surface area contributed by atoms with Crippen molar-refractivity contribution in [2.45, 2.75) is 11.1 Å². The highest BCUT2D eigenvalue weighted by Gasteiger charge is 2.29. The van der Waals surface area contributed by atoms with Gasteiger partial charge in [-0.1, -0.05) is 23.7 Å². The molecule has 0 bridgehead atoms. The maximum absolute atomic E-state index is 12.5. The number of carbonyl (C=O) groups is 1. The summed E-state index contributed by atoms with van der Waals surface area (Å²) in [6, 6.07) is 10.9. The van der Waals surface area contributed by atoms with Crippen molar-refractivity contribution in [1.82, 2.24) is 4.31 Å². The molecule has 152 valence electrons. The first kappa shape index (κ1) is 22.0. The van der Waals surface area contributed by atoms with E-state index in [1.165, 1.54) is 55.6 Å². The van der Waals surface area contributed by atoms with Gasteiger partial charge >= 0.3 is 6.18 Å². The van der Waals surface area contributed by atoms with Gasteiger partial charge in [-0.25, -0.2) is 8.42 Å². The minimum absolute atomic E-state index is 0.00552. The molecule has 0 aromatic heterocycles. The third kappa shape index (κ3) is 6.11. The lowest BCUT2D eigenvalue weighted by molar-refractivity contribution is -0.153. The Morgan fingerprint density at radius 1 is 1.14 bits per heavy atom. The van der Waals surface area contributed by atoms with Crippen LogP contribution < -0.4 is 10.1 Å². The Bertz CT molecular complexity index is 934. The number of rotatable bonds is 7. The Hall–Kier alpha value is -2.30. The van der Waals surface area contributed by atoms with Gasteiger partial charge in [-0.2, -0.15) is 17.5 Å². The highest BCUT2D eigenvalue weighted by Crippen LogP contribution is 2.26. The van der Waals surface area contributed by atoms with Gasteiger partial charge < -0.3 is 10.1 Å². The average molecular weight is 437 g/mol. The summed E-state index contributed by atoms with van der Waals surface area (Å²) in [6.07, 6.45) is -4.54. The molecule has 0 unspecified atom stereocenters. The van der Waals surface area contributed by atoms with Crippen LogP contribution in [0, 0.1) is 0 Å². The minimum Gasteiger partial charge on any atom is -0.482 e. The van der Waals surface area contributed by atoms with Gasteiger partial charge in [0, 0.05) is 12.1 Å². The van der Waals surface area contributed by atoms with Crippen LogP contribution in [0.3, 0.4) is 0 Å². The van der Waals surface area contributed by atoms with Gasteiger partial charge in [-0.15, -0.1) is 0 Å². The second-order valence-corrected chi connectivity index (χ2v) is 8.14. The number of likely N-dealkylation sites (N-methyl/N-ethyl adjacent to an activating group) is 1. The molecule has 0 spiro atoms. The second kappa shape index (κ2) is 8.80. The van der Waals surface area contributed by atoms with Crippen LogP contribution in [0.15, 0.2) is 53.4 Å². The van der Waals surface area contributed by atoms with Crippen LogP contribution in [0.25, 0.3) is 0 Å². The SMILES string of the molecule is CN(CC(=O)Nc1ccccc1OCC(F)(F)F)S(=O)(=O)c1ccc(Cl)cc1. The fourth-order valence-corrected chi connectivity index (χ4v) is 3.37. The summed E-state index contributed by atoms with van der Waals surface area (Å²) in [6.45, 7) is -2.08. The summed E-state index contributed by atoms with van der Waals surface area (Å²) in [4.78, 5) is 12.1. The number of nitrogens with zero attached hydrogens (tertiary/aromatic N) is 1. The molecule has 2 rings (SSSR count). The van der Waals surface area contributed by atoms with Crippen molar-refractivity contribution >= 4 is 33.2 Å². The molecule has 1 N–H and O–H groups in total. The van der Waals surface area contributed by atoms with E-state index in [9.17, 15) is 26.4 Å². The molecule has 0 heterocycles. The predicted octanol–water partition coefficient (Wildman–Crippen LogP) is 3.54. The lowest BCUT2D eigenvalue weighted by Crippen LogP contribution is -2.35. The summed E-state index contributed by atoms with van der Waals surface area (Å²) in [5.41, 5.74) is -0.00552. The van der Waals surface area contributed by atoms with E-state index in [-0.39, 0.29) is 16.3 Å². The Labute approximate surface area is 164 Å². The number of anilines is 1. The molecule has 6 nitrogen and oxygen atoms in total. The van der Waals surface area contributed by atoms with Gasteiger partial charge in [0.05, 0.1) is 17.1 Å². The van der Waals surface area contributed by atoms with Crippen LogP contribution in [0.2, 0.25) is 5.02 Å². The number of hydrogen-bond donors (Lipinski definition) is 1. The molecule has 28 heavy (non-hydrogen) atoms. The van der Waals surface area contributed by atoms with E-state index in [4.69, 9.17) is 11.6 Å². The Morgan fingerprint density at radius 2 is 1.75 bits per heavy atom. The summed E-state index contributed by atoms with van der Waals surface area (Å²) in [5, 5.41) is 2.71. The first-order valence-electron chi connectivity index (χ1n) is 7.79. The number of benzene rings is 2. The van der Waals surface area contributed by atoms with E-state index in [0.29, 0.717) is 5.02 Å². The summed E-state index contributed by atoms with van der Waals surface area (Å²) in [5.74, 6) is -0.931. The fourth-order valence-electron chi connectivity index (χ4n) is 2.12. The lowest BCUT2D eigenvalue weighted by atomic mass is 10.3. The van der Waals surface area contributed by atoms with Crippen molar-refractivity contribution in [2.75, 3.05) is 25.5 Å². The van der Waals surface area contributed by atoms with Gasteiger partial charge in [0.15, 0.2) is 6.61 Å². The maximum atomic E-state index is 12.5. The molecule has 0 aliphatic rings. The van der Waals surface area contributed by atoms with Crippen LogP contribution in [-0.4, -0.2) is 45.0 Å². The fraction of sp³-hybridized carbons (Fsp3) is 0.235. The maximum Gasteiger partial charge on any atom is 0.422 e. The topological polar surface area (TPSA) is 75.7 Å². The highest BCUT2D eigenvalue weighted by atomic mass is 35.5. The van der Waals surface area contributed by atoms with E-state index in [2.05, 4.69) is 10.1 Å². The molecule has 0 saturated heterocycles. The molecule has 0 aliphatic heterocycles. The first-order valence-corrected chi connectivity index (χ1v) is 9.61. The van der Waals surface area contributed by atoms with E-state index < -0.39 is 35.3 Å². The average Bonchev–Trinajstić information content (AvgIpc) is 2.60. The smallest absolute Gasteiger partial charge is 0.422 e. The number of halogens is 4. The summed E-state index contributed by atoms with van der Waals surface area (Å²) < 4.78 is 67.4. The number of carbonyl (C=O) groups excluding carboxylic acids is 1. The Morgan fingerprint density at radius 3 is 2.36 bits per heavy atom. The molecular formula is C17H16ClF3N2O4S. The molecular weight excluding hydrogens is 421 g/mol. The van der Waals surface area contributed by atoms with Crippen molar-refractivity contribution in [3.05, 3.63) is 53.6 Å². The zero-order valence-corrected chi connectivity index (χ0v) is 16.1. The summed E-state index contributed by atoms with van der Waals surface area (Å²) >= 11 is 5.73. The van der Waals surface area contributed by atoms with Crippen LogP contribution in [0.5, 0.6) is 5.75 Å². The van der Waals surface area contributed by atoms with Crippen molar-refractivity contribution < 1.29 is 31.1 Å². The Balaban J connectivity index is 2.07. The van der Waals surface area contributed by atoms with Crippen LogP contribution >= 0.6 is 11.6 Å². The number of amides is 1. The van der Waals surface area contributed by atoms with E-state index >= 15 is 0 Å². The van der Waals surface area contributed by atoms with Crippen molar-refractivity contribution in [1.29, 1.82) is 0 Å². The third-order valence-electron chi connectivity index (χ3n) is 3.44. The van der Waals surface area contributed by atoms with Crippen LogP contribution in [0.1, 0.15) is 0 Å². The number of alkyl halides is 3. The molecule has 1 amide bonds. The number of para-hydroxylation sites is 2. The molecule has 0 fully saturated rings. The van der Waals surface area contributed by atoms with E-state index in [1.54, 1.807) is 0 Å². The van der Waals surface area contributed by atoms with Crippen LogP contribution in [-0.2, 0) is 14.8 Å². The van der Waals surface area contributed by atoms with Gasteiger partial charge in [0.2, 0.25) is 15.9 Å². The van der Waals surface area contributed by atoms with Gasteiger partial charge in [-0.3, -0.25) is 4.79 Å². The van der Waals surface area contributed by atoms with Gasteiger partial charge in [0.25, 0.3) is 0 Å². The number of sulfonamides is 1. The first-order chi connectivity index (χ1) is 13.0. The highest BCUT2D eigenvalue weighted by molar-refractivity contribution is 7.89. The number of hydrogen-bond acceptors (Lipinski definition) is 4. The van der Waals surface area contributed by atoms with E-state index in [0.717, 1.165) is 4.31 Å². The summed E-state index contributed by atoms with van der Waals surface area (Å²) in [7, 11) is -2.75. The van der Waals surface area contributed by atoms with Crippen molar-refractivity contribution in [3.63, 3.8) is 0 Å². The molecule has 0 atom stereocenters. The lowest BCUT2D eigenvalue weighted by Gasteiger charge is -2.18. The molecule has 11 heteroatoms. The Kier molecular flexibility index (Phi) is 6.91. The molecule has 2 aromatic rings. The third-order valence-corrected chi connectivity index (χ3v) is 5.51. The number of nitrogens with one attached hydrogen (secondary N) is 1. The van der Waals surface area contributed by atoms with Crippen molar-refractivity contribution in [3.8, 4) is 5.75 Å². The van der Waals surface area contributed by atoms with Gasteiger partial charge in [-0.05, 0) is 36.4 Å². The van der Waals surface area contributed by atoms with E-state index in [1.807, 2.05) is 0 Å². The van der Waals surface area contributed by atoms with Crippen molar-refractivity contribution in [2.24, 2.45) is 0 Å².